The largest absolute Gasteiger partial charge is 0.352 e. The van der Waals surface area contributed by atoms with E-state index in [0.717, 1.165) is 12.8 Å². The Kier molecular flexibility index (Phi) is 6.23. The summed E-state index contributed by atoms with van der Waals surface area (Å²) in [5.41, 5.74) is 1.23. The molecule has 6 heteroatoms. The summed E-state index contributed by atoms with van der Waals surface area (Å²) in [4.78, 5) is 28.9. The maximum absolute atomic E-state index is 12.6. The number of rotatable bonds is 5. The SMILES string of the molecule is O=C(Nc1ccc(Cl)cc1C(=O)NCC1CCCCC1)c1cccnc1. The van der Waals surface area contributed by atoms with Gasteiger partial charge >= 0.3 is 0 Å². The van der Waals surface area contributed by atoms with Crippen molar-refractivity contribution >= 4 is 29.1 Å². The van der Waals surface area contributed by atoms with Crippen LogP contribution >= 0.6 is 11.6 Å². The molecular weight excluding hydrogens is 350 g/mol. The molecule has 2 amide bonds. The van der Waals surface area contributed by atoms with Crippen LogP contribution in [0.1, 0.15) is 52.8 Å². The highest BCUT2D eigenvalue weighted by atomic mass is 35.5. The van der Waals surface area contributed by atoms with Gasteiger partial charge in [-0.1, -0.05) is 30.9 Å². The zero-order valence-corrected chi connectivity index (χ0v) is 15.3. The molecule has 0 radical (unpaired) electrons. The average Bonchev–Trinajstić information content (AvgIpc) is 2.69. The molecule has 0 spiro atoms. The van der Waals surface area contributed by atoms with Gasteiger partial charge in [-0.25, -0.2) is 0 Å². The lowest BCUT2D eigenvalue weighted by atomic mass is 9.89. The molecule has 1 aliphatic rings. The van der Waals surface area contributed by atoms with Crippen molar-refractivity contribution in [2.75, 3.05) is 11.9 Å². The smallest absolute Gasteiger partial charge is 0.257 e. The third kappa shape index (κ3) is 4.82. The third-order valence-electron chi connectivity index (χ3n) is 4.67. The van der Waals surface area contributed by atoms with Crippen LogP contribution < -0.4 is 10.6 Å². The van der Waals surface area contributed by atoms with Crippen LogP contribution in [0.15, 0.2) is 42.7 Å². The Hall–Kier alpha value is -2.40. The van der Waals surface area contributed by atoms with Gasteiger partial charge < -0.3 is 10.6 Å². The van der Waals surface area contributed by atoms with E-state index in [1.54, 1.807) is 36.5 Å². The molecule has 2 N–H and O–H groups in total. The fourth-order valence-corrected chi connectivity index (χ4v) is 3.40. The first-order chi connectivity index (χ1) is 12.6. The zero-order chi connectivity index (χ0) is 18.4. The van der Waals surface area contributed by atoms with E-state index in [1.165, 1.54) is 25.5 Å². The lowest BCUT2D eigenvalue weighted by molar-refractivity contribution is 0.0944. The second kappa shape index (κ2) is 8.81. The second-order valence-electron chi connectivity index (χ2n) is 6.60. The zero-order valence-electron chi connectivity index (χ0n) is 14.5. The van der Waals surface area contributed by atoms with Crippen LogP contribution in [-0.2, 0) is 0 Å². The first-order valence-electron chi connectivity index (χ1n) is 8.92. The molecule has 5 nitrogen and oxygen atoms in total. The van der Waals surface area contributed by atoms with Gasteiger partial charge in [-0.3, -0.25) is 14.6 Å². The monoisotopic (exact) mass is 371 g/mol. The van der Waals surface area contributed by atoms with Crippen LogP contribution in [0.4, 0.5) is 5.69 Å². The Morgan fingerprint density at radius 2 is 1.92 bits per heavy atom. The van der Waals surface area contributed by atoms with E-state index in [0.29, 0.717) is 34.3 Å². The first-order valence-corrected chi connectivity index (χ1v) is 9.30. The van der Waals surface area contributed by atoms with Crippen LogP contribution in [0.25, 0.3) is 0 Å². The molecule has 0 aliphatic heterocycles. The fraction of sp³-hybridized carbons (Fsp3) is 0.350. The number of carbonyl (C=O) groups excluding carboxylic acids is 2. The van der Waals surface area contributed by atoms with Crippen molar-refractivity contribution < 1.29 is 9.59 Å². The second-order valence-corrected chi connectivity index (χ2v) is 7.04. The molecule has 26 heavy (non-hydrogen) atoms. The van der Waals surface area contributed by atoms with Crippen LogP contribution in [0.2, 0.25) is 5.02 Å². The van der Waals surface area contributed by atoms with Gasteiger partial charge in [-0.15, -0.1) is 0 Å². The van der Waals surface area contributed by atoms with Crippen molar-refractivity contribution in [3.63, 3.8) is 0 Å². The average molecular weight is 372 g/mol. The highest BCUT2D eigenvalue weighted by Crippen LogP contribution is 2.24. The molecule has 1 aromatic carbocycles. The molecule has 1 aliphatic carbocycles. The summed E-state index contributed by atoms with van der Waals surface area (Å²) in [6, 6.07) is 8.23. The van der Waals surface area contributed by atoms with Gasteiger partial charge in [0, 0.05) is 24.0 Å². The van der Waals surface area contributed by atoms with E-state index in [2.05, 4.69) is 15.6 Å². The van der Waals surface area contributed by atoms with Gasteiger partial charge in [0.15, 0.2) is 0 Å². The topological polar surface area (TPSA) is 71.1 Å². The lowest BCUT2D eigenvalue weighted by Crippen LogP contribution is -2.31. The fourth-order valence-electron chi connectivity index (χ4n) is 3.23. The molecule has 0 saturated heterocycles. The number of aromatic nitrogens is 1. The predicted octanol–water partition coefficient (Wildman–Crippen LogP) is 4.30. The summed E-state index contributed by atoms with van der Waals surface area (Å²) < 4.78 is 0. The Morgan fingerprint density at radius 3 is 2.65 bits per heavy atom. The third-order valence-corrected chi connectivity index (χ3v) is 4.91. The van der Waals surface area contributed by atoms with E-state index >= 15 is 0 Å². The molecule has 0 atom stereocenters. The highest BCUT2D eigenvalue weighted by molar-refractivity contribution is 6.31. The van der Waals surface area contributed by atoms with Gasteiger partial charge in [0.2, 0.25) is 0 Å². The number of nitrogens with one attached hydrogen (secondary N) is 2. The number of carbonyl (C=O) groups is 2. The van der Waals surface area contributed by atoms with Crippen LogP contribution in [-0.4, -0.2) is 23.3 Å². The molecule has 136 valence electrons. The first kappa shape index (κ1) is 18.4. The Labute approximate surface area is 158 Å². The molecule has 1 fully saturated rings. The van der Waals surface area contributed by atoms with Crippen molar-refractivity contribution in [1.82, 2.24) is 10.3 Å². The summed E-state index contributed by atoms with van der Waals surface area (Å²) in [5.74, 6) is -0.0124. The van der Waals surface area contributed by atoms with Crippen molar-refractivity contribution in [1.29, 1.82) is 0 Å². The van der Waals surface area contributed by atoms with Crippen LogP contribution in [0.5, 0.6) is 0 Å². The minimum absolute atomic E-state index is 0.223. The number of pyridine rings is 1. The van der Waals surface area contributed by atoms with Crippen LogP contribution in [0, 0.1) is 5.92 Å². The molecule has 2 aromatic rings. The highest BCUT2D eigenvalue weighted by Gasteiger charge is 2.18. The van der Waals surface area contributed by atoms with Gasteiger partial charge in [-0.05, 0) is 49.1 Å². The Balaban J connectivity index is 1.70. The molecular formula is C20H22ClN3O2. The number of amides is 2. The molecule has 1 aromatic heterocycles. The minimum Gasteiger partial charge on any atom is -0.352 e. The maximum atomic E-state index is 12.6. The number of nitrogens with zero attached hydrogens (tertiary/aromatic N) is 1. The predicted molar refractivity (Wildman–Crippen MR) is 103 cm³/mol. The number of hydrogen-bond acceptors (Lipinski definition) is 3. The molecule has 0 bridgehead atoms. The minimum atomic E-state index is -0.318. The normalized spacial score (nSPS) is 14.7. The van der Waals surface area contributed by atoms with Crippen molar-refractivity contribution in [2.45, 2.75) is 32.1 Å². The van der Waals surface area contributed by atoms with Gasteiger partial charge in [0.05, 0.1) is 16.8 Å². The molecule has 3 rings (SSSR count). The van der Waals surface area contributed by atoms with Crippen molar-refractivity contribution in [2.24, 2.45) is 5.92 Å². The summed E-state index contributed by atoms with van der Waals surface area (Å²) >= 11 is 6.06. The number of anilines is 1. The van der Waals surface area contributed by atoms with E-state index in [4.69, 9.17) is 11.6 Å². The summed E-state index contributed by atoms with van der Waals surface area (Å²) in [5, 5.41) is 6.21. The van der Waals surface area contributed by atoms with Crippen LogP contribution in [0.3, 0.4) is 0 Å². The standard InChI is InChI=1S/C20H22ClN3O2/c21-16-8-9-18(24-19(25)15-7-4-10-22-13-15)17(11-16)20(26)23-12-14-5-2-1-3-6-14/h4,7-11,13-14H,1-3,5-6,12H2,(H,23,26)(H,24,25). The van der Waals surface area contributed by atoms with Crippen molar-refractivity contribution in [3.05, 3.63) is 58.9 Å². The quantitative estimate of drug-likeness (QED) is 0.823. The van der Waals surface area contributed by atoms with Gasteiger partial charge in [0.1, 0.15) is 0 Å². The van der Waals surface area contributed by atoms with E-state index < -0.39 is 0 Å². The Bertz CT molecular complexity index is 774. The lowest BCUT2D eigenvalue weighted by Gasteiger charge is -2.22. The van der Waals surface area contributed by atoms with E-state index in [9.17, 15) is 9.59 Å². The van der Waals surface area contributed by atoms with Gasteiger partial charge in [-0.2, -0.15) is 0 Å². The molecule has 1 heterocycles. The van der Waals surface area contributed by atoms with Crippen molar-refractivity contribution in [3.8, 4) is 0 Å². The maximum Gasteiger partial charge on any atom is 0.257 e. The van der Waals surface area contributed by atoms with E-state index in [-0.39, 0.29) is 11.8 Å². The Morgan fingerprint density at radius 1 is 1.12 bits per heavy atom. The molecule has 0 unspecified atom stereocenters. The summed E-state index contributed by atoms with van der Waals surface area (Å²) in [7, 11) is 0. The number of benzene rings is 1. The summed E-state index contributed by atoms with van der Waals surface area (Å²) in [6.07, 6.45) is 9.12. The number of halogens is 1. The molecule has 1 saturated carbocycles. The van der Waals surface area contributed by atoms with E-state index in [1.807, 2.05) is 0 Å². The van der Waals surface area contributed by atoms with Gasteiger partial charge in [0.25, 0.3) is 11.8 Å². The summed E-state index contributed by atoms with van der Waals surface area (Å²) in [6.45, 7) is 0.654. The number of hydrogen-bond donors (Lipinski definition) is 2.